The summed E-state index contributed by atoms with van der Waals surface area (Å²) in [4.78, 5) is 11.9. The Morgan fingerprint density at radius 3 is 2.28 bits per heavy atom. The van der Waals surface area contributed by atoms with Gasteiger partial charge in [0.25, 0.3) is 5.91 Å². The topological polar surface area (TPSA) is 61.4 Å². The van der Waals surface area contributed by atoms with Crippen molar-refractivity contribution in [3.05, 3.63) is 77.8 Å². The second-order valence-corrected chi connectivity index (χ2v) is 8.55. The van der Waals surface area contributed by atoms with Gasteiger partial charge in [-0.15, -0.1) is 0 Å². The third kappa shape index (κ3) is 5.98. The Morgan fingerprint density at radius 1 is 1.14 bits per heavy atom. The number of carbonyl (C=O) groups is 1. The van der Waals surface area contributed by atoms with Crippen LogP contribution in [-0.4, -0.2) is 28.4 Å². The van der Waals surface area contributed by atoms with Crippen molar-refractivity contribution in [1.82, 2.24) is 10.9 Å². The van der Waals surface area contributed by atoms with Crippen LogP contribution in [-0.2, 0) is 16.3 Å². The average molecular weight is 429 g/mol. The van der Waals surface area contributed by atoms with Gasteiger partial charge >= 0.3 is 6.18 Å². The molecule has 2 rings (SSSR count). The van der Waals surface area contributed by atoms with Crippen molar-refractivity contribution >= 4 is 27.2 Å². The number of amides is 1. The lowest BCUT2D eigenvalue weighted by Crippen LogP contribution is -2.40. The standard InChI is InChI=1S/C19H19F4N3O2S/c1-13(19(21,22)23)24-25-18(27)14-9-10-15(17(20)11-14)12-26(29(2,3)28)16-7-5-4-6-8-16/h4-11,24H,1-2,12H2,3H3,(H,25,27). The smallest absolute Gasteiger partial charge is 0.295 e. The first-order valence-electron chi connectivity index (χ1n) is 8.15. The van der Waals surface area contributed by atoms with E-state index >= 15 is 0 Å². The summed E-state index contributed by atoms with van der Waals surface area (Å²) in [5, 5.41) is 0. The Kier molecular flexibility index (Phi) is 6.58. The van der Waals surface area contributed by atoms with E-state index in [1.165, 1.54) is 22.7 Å². The van der Waals surface area contributed by atoms with Gasteiger partial charge in [0.2, 0.25) is 0 Å². The lowest BCUT2D eigenvalue weighted by Gasteiger charge is -2.26. The quantitative estimate of drug-likeness (QED) is 0.403. The molecule has 0 saturated heterocycles. The number of hydrazine groups is 1. The average Bonchev–Trinajstić information content (AvgIpc) is 2.63. The number of anilines is 1. The maximum Gasteiger partial charge on any atom is 0.432 e. The Balaban J connectivity index is 2.18. The summed E-state index contributed by atoms with van der Waals surface area (Å²) in [5.74, 6) is 1.88. The summed E-state index contributed by atoms with van der Waals surface area (Å²) in [6, 6.07) is 12.1. The molecule has 29 heavy (non-hydrogen) atoms. The second kappa shape index (κ2) is 8.56. The van der Waals surface area contributed by atoms with Gasteiger partial charge in [-0.1, -0.05) is 30.8 Å². The molecule has 156 valence electrons. The third-order valence-electron chi connectivity index (χ3n) is 3.81. The first-order chi connectivity index (χ1) is 13.4. The second-order valence-electron chi connectivity index (χ2n) is 6.19. The van der Waals surface area contributed by atoms with E-state index < -0.39 is 33.3 Å². The maximum absolute atomic E-state index is 14.5. The summed E-state index contributed by atoms with van der Waals surface area (Å²) in [6.07, 6.45) is -3.32. The van der Waals surface area contributed by atoms with E-state index in [9.17, 15) is 26.6 Å². The van der Waals surface area contributed by atoms with Gasteiger partial charge in [0, 0.05) is 32.8 Å². The van der Waals surface area contributed by atoms with Crippen molar-refractivity contribution in [2.45, 2.75) is 12.7 Å². The molecule has 0 fully saturated rings. The molecule has 2 aromatic carbocycles. The van der Waals surface area contributed by atoms with Gasteiger partial charge in [-0.3, -0.25) is 20.0 Å². The fraction of sp³-hybridized carbons (Fsp3) is 0.158. The molecule has 0 heterocycles. The number of nitrogens with one attached hydrogen (secondary N) is 2. The van der Waals surface area contributed by atoms with Crippen molar-refractivity contribution in [2.75, 3.05) is 10.6 Å². The molecule has 0 spiro atoms. The molecule has 1 atom stereocenters. The Labute approximate surface area is 166 Å². The highest BCUT2D eigenvalue weighted by atomic mass is 32.2. The summed E-state index contributed by atoms with van der Waals surface area (Å²) in [5.41, 5.74) is 2.58. The zero-order chi connectivity index (χ0) is 21.8. The van der Waals surface area contributed by atoms with Gasteiger partial charge in [0.15, 0.2) is 0 Å². The minimum absolute atomic E-state index is 0.0836. The molecule has 2 N–H and O–H groups in total. The number of carbonyl (C=O) groups excluding carboxylic acids is 1. The number of alkyl halides is 3. The minimum Gasteiger partial charge on any atom is -0.295 e. The van der Waals surface area contributed by atoms with E-state index in [1.807, 2.05) is 0 Å². The van der Waals surface area contributed by atoms with Crippen molar-refractivity contribution < 1.29 is 26.6 Å². The number of nitrogens with zero attached hydrogens (tertiary/aromatic N) is 1. The Morgan fingerprint density at radius 2 is 1.76 bits per heavy atom. The highest BCUT2D eigenvalue weighted by Crippen LogP contribution is 2.23. The number of para-hydroxylation sites is 1. The fourth-order valence-electron chi connectivity index (χ4n) is 2.29. The van der Waals surface area contributed by atoms with E-state index in [0.717, 1.165) is 6.07 Å². The van der Waals surface area contributed by atoms with E-state index in [0.29, 0.717) is 5.69 Å². The van der Waals surface area contributed by atoms with Crippen LogP contribution in [0.25, 0.3) is 0 Å². The lowest BCUT2D eigenvalue weighted by molar-refractivity contribution is -0.0972. The number of rotatable bonds is 7. The molecule has 0 bridgehead atoms. The van der Waals surface area contributed by atoms with Crippen molar-refractivity contribution in [2.24, 2.45) is 0 Å². The molecule has 2 aromatic rings. The van der Waals surface area contributed by atoms with Gasteiger partial charge in [0.05, 0.1) is 6.54 Å². The summed E-state index contributed by atoms with van der Waals surface area (Å²) in [6.45, 7) is 2.66. The van der Waals surface area contributed by atoms with Gasteiger partial charge in [-0.25, -0.2) is 8.60 Å². The largest absolute Gasteiger partial charge is 0.432 e. The lowest BCUT2D eigenvalue weighted by atomic mass is 10.1. The van der Waals surface area contributed by atoms with Crippen LogP contribution >= 0.6 is 0 Å². The van der Waals surface area contributed by atoms with Crippen LogP contribution < -0.4 is 15.2 Å². The van der Waals surface area contributed by atoms with E-state index in [1.54, 1.807) is 41.2 Å². The van der Waals surface area contributed by atoms with Crippen molar-refractivity contribution in [3.63, 3.8) is 0 Å². The van der Waals surface area contributed by atoms with E-state index in [4.69, 9.17) is 0 Å². The highest BCUT2D eigenvalue weighted by molar-refractivity contribution is 8.00. The summed E-state index contributed by atoms with van der Waals surface area (Å²) in [7, 11) is -2.73. The number of halogens is 4. The van der Waals surface area contributed by atoms with Gasteiger partial charge in [0.1, 0.15) is 11.5 Å². The first-order valence-corrected chi connectivity index (χ1v) is 10.2. The Bertz CT molecular complexity index is 1010. The van der Waals surface area contributed by atoms with Crippen molar-refractivity contribution in [3.8, 4) is 0 Å². The van der Waals surface area contributed by atoms with Crippen LogP contribution in [0.3, 0.4) is 0 Å². The molecule has 0 aliphatic heterocycles. The third-order valence-corrected chi connectivity index (χ3v) is 5.08. The monoisotopic (exact) mass is 429 g/mol. The number of benzene rings is 2. The van der Waals surface area contributed by atoms with Crippen molar-refractivity contribution in [1.29, 1.82) is 0 Å². The van der Waals surface area contributed by atoms with Gasteiger partial charge in [-0.2, -0.15) is 13.2 Å². The predicted molar refractivity (Wildman–Crippen MR) is 106 cm³/mol. The number of hydrogen-bond acceptors (Lipinski definition) is 3. The molecule has 1 unspecified atom stereocenters. The maximum atomic E-state index is 14.5. The molecule has 0 radical (unpaired) electrons. The molecule has 0 aliphatic rings. The molecule has 0 saturated carbocycles. The van der Waals surface area contributed by atoms with Crippen LogP contribution in [0.2, 0.25) is 0 Å². The molecular weight excluding hydrogens is 410 g/mol. The molecule has 1 amide bonds. The number of hydrogen-bond donors (Lipinski definition) is 2. The molecule has 5 nitrogen and oxygen atoms in total. The van der Waals surface area contributed by atoms with Crippen LogP contribution in [0.4, 0.5) is 23.2 Å². The molecule has 0 aliphatic carbocycles. The Hall–Kier alpha value is -3.01. The van der Waals surface area contributed by atoms with Crippen LogP contribution in [0.15, 0.2) is 60.8 Å². The predicted octanol–water partition coefficient (Wildman–Crippen LogP) is 3.40. The molecular formula is C19H19F4N3O2S. The molecule has 0 aromatic heterocycles. The zero-order valence-electron chi connectivity index (χ0n) is 15.4. The fourth-order valence-corrected chi connectivity index (χ4v) is 3.27. The highest BCUT2D eigenvalue weighted by Gasteiger charge is 2.32. The normalized spacial score (nSPS) is 13.3. The minimum atomic E-state index is -4.73. The van der Waals surface area contributed by atoms with E-state index in [-0.39, 0.29) is 17.7 Å². The van der Waals surface area contributed by atoms with Crippen LogP contribution in [0, 0.1) is 5.82 Å². The van der Waals surface area contributed by atoms with Gasteiger partial charge < -0.3 is 0 Å². The van der Waals surface area contributed by atoms with Crippen LogP contribution in [0.5, 0.6) is 0 Å². The zero-order valence-corrected chi connectivity index (χ0v) is 16.2. The summed E-state index contributed by atoms with van der Waals surface area (Å²) < 4.78 is 65.6. The van der Waals surface area contributed by atoms with Gasteiger partial charge in [-0.05, 0) is 30.1 Å². The first kappa shape index (κ1) is 22.3. The van der Waals surface area contributed by atoms with E-state index in [2.05, 4.69) is 12.4 Å². The number of allylic oxidation sites excluding steroid dienone is 1. The summed E-state index contributed by atoms with van der Waals surface area (Å²) >= 11 is 0. The SMILES string of the molecule is C=C(NNC(=O)c1ccc(CN(c2ccccc2)S(=C)(C)=O)c(F)c1)C(F)(F)F. The molecule has 10 heteroatoms. The van der Waals surface area contributed by atoms with Crippen LogP contribution in [0.1, 0.15) is 15.9 Å².